The number of rotatable bonds is 4. The molecule has 1 amide bonds. The van der Waals surface area contributed by atoms with Crippen molar-refractivity contribution in [1.29, 1.82) is 0 Å². The molecule has 2 fully saturated rings. The number of methoxy groups -OCH3 is 1. The lowest BCUT2D eigenvalue weighted by molar-refractivity contribution is -0.169. The van der Waals surface area contributed by atoms with Gasteiger partial charge in [0, 0.05) is 25.9 Å². The summed E-state index contributed by atoms with van der Waals surface area (Å²) >= 11 is 0. The van der Waals surface area contributed by atoms with Crippen LogP contribution in [-0.4, -0.2) is 55.1 Å². The van der Waals surface area contributed by atoms with Gasteiger partial charge in [-0.3, -0.25) is 4.79 Å². The third-order valence-corrected chi connectivity index (χ3v) is 5.14. The predicted molar refractivity (Wildman–Crippen MR) is 104 cm³/mol. The molecule has 1 aromatic heterocycles. The minimum atomic E-state index is -0.420. The number of hydrogen-bond acceptors (Lipinski definition) is 7. The summed E-state index contributed by atoms with van der Waals surface area (Å²) in [5.74, 6) is 0.601. The highest BCUT2D eigenvalue weighted by Gasteiger charge is 2.40. The summed E-state index contributed by atoms with van der Waals surface area (Å²) in [7, 11) is 1.57. The lowest BCUT2D eigenvalue weighted by Crippen LogP contribution is -2.45. The van der Waals surface area contributed by atoms with E-state index in [9.17, 15) is 4.79 Å². The molecule has 4 rings (SSSR count). The number of ether oxygens (including phenoxy) is 3. The Kier molecular flexibility index (Phi) is 5.15. The monoisotopic (exact) mass is 384 g/mol. The van der Waals surface area contributed by atoms with E-state index in [1.54, 1.807) is 13.3 Å². The average molecular weight is 384 g/mol. The second-order valence-corrected chi connectivity index (χ2v) is 7.01. The van der Waals surface area contributed by atoms with Gasteiger partial charge in [-0.2, -0.15) is 0 Å². The molecular weight excluding hydrogens is 360 g/mol. The fourth-order valence-electron chi connectivity index (χ4n) is 3.57. The quantitative estimate of drug-likeness (QED) is 0.866. The third kappa shape index (κ3) is 3.79. The average Bonchev–Trinajstić information content (AvgIpc) is 3.17. The first-order valence-corrected chi connectivity index (χ1v) is 9.39. The molecular formula is C20H24N4O4. The number of amides is 1. The smallest absolute Gasteiger partial charge is 0.275 e. The Morgan fingerprint density at radius 1 is 1.18 bits per heavy atom. The fraction of sp³-hybridized carbons (Fsp3) is 0.450. The van der Waals surface area contributed by atoms with Crippen molar-refractivity contribution in [3.8, 4) is 5.75 Å². The summed E-state index contributed by atoms with van der Waals surface area (Å²) in [4.78, 5) is 23.4. The second kappa shape index (κ2) is 7.73. The van der Waals surface area contributed by atoms with Gasteiger partial charge < -0.3 is 24.4 Å². The molecule has 8 heteroatoms. The van der Waals surface area contributed by atoms with Crippen molar-refractivity contribution in [2.24, 2.45) is 0 Å². The van der Waals surface area contributed by atoms with Crippen molar-refractivity contribution in [3.63, 3.8) is 0 Å². The minimum Gasteiger partial charge on any atom is -0.495 e. The lowest BCUT2D eigenvalue weighted by atomic mass is 10.0. The molecule has 1 aromatic carbocycles. The van der Waals surface area contributed by atoms with Crippen LogP contribution >= 0.6 is 0 Å². The Labute approximate surface area is 163 Å². The van der Waals surface area contributed by atoms with Gasteiger partial charge in [0.05, 0.1) is 38.4 Å². The zero-order valence-corrected chi connectivity index (χ0v) is 16.1. The molecule has 0 saturated carbocycles. The van der Waals surface area contributed by atoms with E-state index in [-0.39, 0.29) is 11.6 Å². The van der Waals surface area contributed by atoms with Gasteiger partial charge in [-0.25, -0.2) is 9.97 Å². The number of aryl methyl sites for hydroxylation is 1. The normalized spacial score (nSPS) is 18.3. The standard InChI is InChI=1S/C20H24N4O4/c1-14-3-4-17(26-2)15(11-14)23-19(25)16-12-22-18(13-21-16)24-7-5-20(6-8-24)27-9-10-28-20/h3-4,11-13H,5-10H2,1-2H3,(H,23,25). The van der Waals surface area contributed by atoms with Gasteiger partial charge >= 0.3 is 0 Å². The maximum Gasteiger partial charge on any atom is 0.275 e. The van der Waals surface area contributed by atoms with Crippen LogP contribution in [0.25, 0.3) is 0 Å². The van der Waals surface area contributed by atoms with E-state index in [4.69, 9.17) is 14.2 Å². The molecule has 2 aliphatic heterocycles. The highest BCUT2D eigenvalue weighted by Crippen LogP contribution is 2.32. The molecule has 3 heterocycles. The van der Waals surface area contributed by atoms with Gasteiger partial charge in [-0.1, -0.05) is 6.07 Å². The first-order chi connectivity index (χ1) is 13.6. The fourth-order valence-corrected chi connectivity index (χ4v) is 3.57. The van der Waals surface area contributed by atoms with Gasteiger partial charge in [-0.15, -0.1) is 0 Å². The maximum atomic E-state index is 12.5. The maximum absolute atomic E-state index is 12.5. The van der Waals surface area contributed by atoms with Gasteiger partial charge in [-0.05, 0) is 24.6 Å². The highest BCUT2D eigenvalue weighted by atomic mass is 16.7. The molecule has 2 saturated heterocycles. The number of anilines is 2. The Bertz CT molecular complexity index is 840. The van der Waals surface area contributed by atoms with E-state index in [1.165, 1.54) is 6.20 Å². The summed E-state index contributed by atoms with van der Waals surface area (Å²) in [6, 6.07) is 5.60. The SMILES string of the molecule is COc1ccc(C)cc1NC(=O)c1cnc(N2CCC3(CC2)OCCO3)cn1. The van der Waals surface area contributed by atoms with E-state index in [1.807, 2.05) is 25.1 Å². The van der Waals surface area contributed by atoms with E-state index in [0.29, 0.717) is 24.7 Å². The Balaban J connectivity index is 1.41. The van der Waals surface area contributed by atoms with Crippen LogP contribution in [0.15, 0.2) is 30.6 Å². The summed E-state index contributed by atoms with van der Waals surface area (Å²) in [5.41, 5.74) is 1.88. The van der Waals surface area contributed by atoms with Gasteiger partial charge in [0.1, 0.15) is 17.3 Å². The van der Waals surface area contributed by atoms with Crippen LogP contribution < -0.4 is 15.0 Å². The van der Waals surface area contributed by atoms with Crippen LogP contribution in [-0.2, 0) is 9.47 Å². The molecule has 28 heavy (non-hydrogen) atoms. The number of piperidine rings is 1. The van der Waals surface area contributed by atoms with Crippen LogP contribution in [0, 0.1) is 6.92 Å². The molecule has 0 unspecified atom stereocenters. The van der Waals surface area contributed by atoms with Crippen molar-refractivity contribution in [1.82, 2.24) is 9.97 Å². The zero-order chi connectivity index (χ0) is 19.6. The number of benzene rings is 1. The van der Waals surface area contributed by atoms with Crippen molar-refractivity contribution < 1.29 is 19.0 Å². The molecule has 0 bridgehead atoms. The van der Waals surface area contributed by atoms with Crippen molar-refractivity contribution in [2.75, 3.05) is 43.6 Å². The summed E-state index contributed by atoms with van der Waals surface area (Å²) in [6.45, 7) is 4.83. The number of nitrogens with zero attached hydrogens (tertiary/aromatic N) is 3. The molecule has 0 aliphatic carbocycles. The van der Waals surface area contributed by atoms with Gasteiger partial charge in [0.2, 0.25) is 0 Å². The number of aromatic nitrogens is 2. The van der Waals surface area contributed by atoms with Crippen molar-refractivity contribution in [2.45, 2.75) is 25.6 Å². The van der Waals surface area contributed by atoms with E-state index in [2.05, 4.69) is 20.2 Å². The third-order valence-electron chi connectivity index (χ3n) is 5.14. The zero-order valence-electron chi connectivity index (χ0n) is 16.1. The number of hydrogen-bond donors (Lipinski definition) is 1. The second-order valence-electron chi connectivity index (χ2n) is 7.01. The highest BCUT2D eigenvalue weighted by molar-refractivity contribution is 6.03. The number of nitrogens with one attached hydrogen (secondary N) is 1. The molecule has 2 aliphatic rings. The summed E-state index contributed by atoms with van der Waals surface area (Å²) in [6.07, 6.45) is 4.73. The summed E-state index contributed by atoms with van der Waals surface area (Å²) < 4.78 is 16.8. The molecule has 0 atom stereocenters. The van der Waals surface area contributed by atoms with Crippen LogP contribution in [0.3, 0.4) is 0 Å². The first kappa shape index (κ1) is 18.6. The lowest BCUT2D eigenvalue weighted by Gasteiger charge is -2.37. The molecule has 2 aromatic rings. The van der Waals surface area contributed by atoms with E-state index < -0.39 is 5.79 Å². The minimum absolute atomic E-state index is 0.253. The van der Waals surface area contributed by atoms with E-state index >= 15 is 0 Å². The molecule has 1 N–H and O–H groups in total. The van der Waals surface area contributed by atoms with E-state index in [0.717, 1.165) is 37.3 Å². The van der Waals surface area contributed by atoms with Gasteiger partial charge in [0.15, 0.2) is 5.79 Å². The summed E-state index contributed by atoms with van der Waals surface area (Å²) in [5, 5.41) is 2.84. The topological polar surface area (TPSA) is 85.8 Å². The number of carbonyl (C=O) groups is 1. The number of carbonyl (C=O) groups excluding carboxylic acids is 1. The predicted octanol–water partition coefficient (Wildman–Crippen LogP) is 2.39. The molecule has 0 radical (unpaired) electrons. The Morgan fingerprint density at radius 2 is 1.93 bits per heavy atom. The van der Waals surface area contributed by atoms with Crippen molar-refractivity contribution >= 4 is 17.4 Å². The molecule has 8 nitrogen and oxygen atoms in total. The largest absolute Gasteiger partial charge is 0.495 e. The Morgan fingerprint density at radius 3 is 2.57 bits per heavy atom. The Hall–Kier alpha value is -2.71. The molecule has 148 valence electrons. The van der Waals surface area contributed by atoms with Crippen molar-refractivity contribution in [3.05, 3.63) is 41.9 Å². The van der Waals surface area contributed by atoms with Crippen LogP contribution in [0.5, 0.6) is 5.75 Å². The first-order valence-electron chi connectivity index (χ1n) is 9.39. The van der Waals surface area contributed by atoms with Crippen LogP contribution in [0.1, 0.15) is 28.9 Å². The molecule has 1 spiro atoms. The van der Waals surface area contributed by atoms with Crippen LogP contribution in [0.2, 0.25) is 0 Å². The van der Waals surface area contributed by atoms with Gasteiger partial charge in [0.25, 0.3) is 5.91 Å². The van der Waals surface area contributed by atoms with Crippen LogP contribution in [0.4, 0.5) is 11.5 Å².